The highest BCUT2D eigenvalue weighted by atomic mass is 16.5. The lowest BCUT2D eigenvalue weighted by molar-refractivity contribution is -0.140. The Morgan fingerprint density at radius 1 is 0.824 bits per heavy atom. The summed E-state index contributed by atoms with van der Waals surface area (Å²) >= 11 is 0. The smallest absolute Gasteiger partial charge is 0.242 e. The molecule has 0 bridgehead atoms. The first-order valence-corrected chi connectivity index (χ1v) is 11.4. The minimum absolute atomic E-state index is 0.137. The summed E-state index contributed by atoms with van der Waals surface area (Å²) in [5.74, 6) is 0.856. The van der Waals surface area contributed by atoms with Crippen LogP contribution in [0.2, 0.25) is 0 Å². The largest absolute Gasteiger partial charge is 0.493 e. The van der Waals surface area contributed by atoms with Crippen LogP contribution in [0.3, 0.4) is 0 Å². The predicted molar refractivity (Wildman–Crippen MR) is 133 cm³/mol. The molecule has 1 N–H and O–H groups in total. The molecular formula is C28H32N2O4. The maximum atomic E-state index is 13.4. The zero-order valence-corrected chi connectivity index (χ0v) is 20.0. The molecule has 0 heterocycles. The van der Waals surface area contributed by atoms with Crippen molar-refractivity contribution in [2.45, 2.75) is 32.4 Å². The molecule has 0 aliphatic carbocycles. The maximum Gasteiger partial charge on any atom is 0.242 e. The van der Waals surface area contributed by atoms with Gasteiger partial charge in [0.05, 0.1) is 20.6 Å². The Kier molecular flexibility index (Phi) is 9.09. The third-order valence-corrected chi connectivity index (χ3v) is 5.72. The van der Waals surface area contributed by atoms with E-state index in [1.807, 2.05) is 66.7 Å². The number of nitrogens with zero attached hydrogens (tertiary/aromatic N) is 1. The summed E-state index contributed by atoms with van der Waals surface area (Å²) in [4.78, 5) is 28.0. The second-order valence-corrected chi connectivity index (χ2v) is 8.08. The Labute approximate surface area is 201 Å². The van der Waals surface area contributed by atoms with Crippen LogP contribution in [0.15, 0.2) is 78.9 Å². The lowest BCUT2D eigenvalue weighted by atomic mass is 10.1. The van der Waals surface area contributed by atoms with Gasteiger partial charge in [-0.1, -0.05) is 66.7 Å². The second kappa shape index (κ2) is 12.4. The van der Waals surface area contributed by atoms with Crippen LogP contribution < -0.4 is 14.8 Å². The van der Waals surface area contributed by atoms with Crippen LogP contribution in [0, 0.1) is 0 Å². The number of carbonyl (C=O) groups excluding carboxylic acids is 2. The summed E-state index contributed by atoms with van der Waals surface area (Å²) in [6.45, 7) is 2.63. The quantitative estimate of drug-likeness (QED) is 0.469. The lowest BCUT2D eigenvalue weighted by Gasteiger charge is -2.29. The van der Waals surface area contributed by atoms with Crippen molar-refractivity contribution in [3.63, 3.8) is 0 Å². The van der Waals surface area contributed by atoms with Crippen molar-refractivity contribution in [3.05, 3.63) is 95.6 Å². The molecule has 0 aromatic heterocycles. The highest BCUT2D eigenvalue weighted by molar-refractivity contribution is 5.88. The molecule has 0 spiro atoms. The highest BCUT2D eigenvalue weighted by Crippen LogP contribution is 2.28. The molecule has 0 aliphatic rings. The highest BCUT2D eigenvalue weighted by Gasteiger charge is 2.26. The van der Waals surface area contributed by atoms with Gasteiger partial charge in [0.25, 0.3) is 0 Å². The summed E-state index contributed by atoms with van der Waals surface area (Å²) in [5.41, 5.74) is 2.91. The van der Waals surface area contributed by atoms with Gasteiger partial charge in [-0.15, -0.1) is 0 Å². The topological polar surface area (TPSA) is 67.9 Å². The zero-order valence-electron chi connectivity index (χ0n) is 20.0. The summed E-state index contributed by atoms with van der Waals surface area (Å²) in [5, 5.41) is 2.98. The molecule has 6 heteroatoms. The first kappa shape index (κ1) is 24.8. The van der Waals surface area contributed by atoms with E-state index in [9.17, 15) is 9.59 Å². The lowest BCUT2D eigenvalue weighted by Crippen LogP contribution is -2.48. The van der Waals surface area contributed by atoms with Crippen molar-refractivity contribution >= 4 is 11.8 Å². The van der Waals surface area contributed by atoms with Gasteiger partial charge in [0.2, 0.25) is 11.8 Å². The normalized spacial score (nSPS) is 11.4. The first-order valence-electron chi connectivity index (χ1n) is 11.4. The Bertz CT molecular complexity index is 1070. The Balaban J connectivity index is 1.71. The van der Waals surface area contributed by atoms with Gasteiger partial charge in [0, 0.05) is 13.1 Å². The van der Waals surface area contributed by atoms with Gasteiger partial charge >= 0.3 is 0 Å². The molecule has 6 nitrogen and oxygen atoms in total. The van der Waals surface area contributed by atoms with Crippen molar-refractivity contribution in [3.8, 4) is 11.5 Å². The minimum atomic E-state index is -0.622. The van der Waals surface area contributed by atoms with E-state index >= 15 is 0 Å². The summed E-state index contributed by atoms with van der Waals surface area (Å²) < 4.78 is 10.7. The van der Waals surface area contributed by atoms with E-state index in [-0.39, 0.29) is 18.2 Å². The molecule has 178 valence electrons. The third kappa shape index (κ3) is 6.85. The number of carbonyl (C=O) groups is 2. The fourth-order valence-electron chi connectivity index (χ4n) is 3.75. The second-order valence-electron chi connectivity index (χ2n) is 8.08. The van der Waals surface area contributed by atoms with Crippen molar-refractivity contribution in [1.29, 1.82) is 0 Å². The molecule has 0 saturated heterocycles. The van der Waals surface area contributed by atoms with Gasteiger partial charge in [-0.25, -0.2) is 0 Å². The van der Waals surface area contributed by atoms with Crippen LogP contribution in [0.25, 0.3) is 0 Å². The van der Waals surface area contributed by atoms with Crippen molar-refractivity contribution in [2.75, 3.05) is 20.8 Å². The monoisotopic (exact) mass is 460 g/mol. The minimum Gasteiger partial charge on any atom is -0.493 e. The van der Waals surface area contributed by atoms with E-state index in [0.717, 1.165) is 23.1 Å². The Morgan fingerprint density at radius 3 is 2.06 bits per heavy atom. The molecule has 0 saturated carbocycles. The molecule has 0 unspecified atom stereocenters. The van der Waals surface area contributed by atoms with E-state index in [4.69, 9.17) is 9.47 Å². The molecule has 3 aromatic carbocycles. The summed E-state index contributed by atoms with van der Waals surface area (Å²) in [6.07, 6.45) is 0.881. The van der Waals surface area contributed by atoms with Crippen LogP contribution in [0.4, 0.5) is 0 Å². The van der Waals surface area contributed by atoms with Crippen LogP contribution in [0.1, 0.15) is 23.6 Å². The fourth-order valence-corrected chi connectivity index (χ4v) is 3.75. The number of amides is 2. The first-order chi connectivity index (χ1) is 16.5. The van der Waals surface area contributed by atoms with Gasteiger partial charge in [-0.2, -0.15) is 0 Å². The van der Waals surface area contributed by atoms with Crippen LogP contribution in [0.5, 0.6) is 11.5 Å². The number of ether oxygens (including phenoxy) is 2. The number of methoxy groups -OCH3 is 2. The standard InChI is InChI=1S/C28H32N2O4/c1-21(28(32)29-17-16-22-10-6-4-7-11-22)30(20-23-12-8-5-9-13-23)27(31)19-24-14-15-25(33-2)26(18-24)34-3/h4-15,18,21H,16-17,19-20H2,1-3H3,(H,29,32)/t21-/m1/s1. The average Bonchev–Trinajstić information content (AvgIpc) is 2.87. The van der Waals surface area contributed by atoms with E-state index in [1.54, 1.807) is 38.2 Å². The summed E-state index contributed by atoms with van der Waals surface area (Å²) in [6, 6.07) is 24.5. The SMILES string of the molecule is COc1ccc(CC(=O)N(Cc2ccccc2)[C@H](C)C(=O)NCCc2ccccc2)cc1OC. The third-order valence-electron chi connectivity index (χ3n) is 5.72. The zero-order chi connectivity index (χ0) is 24.3. The van der Waals surface area contributed by atoms with Gasteiger partial charge in [-0.3, -0.25) is 9.59 Å². The molecule has 3 aromatic rings. The Morgan fingerprint density at radius 2 is 1.44 bits per heavy atom. The van der Waals surface area contributed by atoms with E-state index in [2.05, 4.69) is 5.32 Å². The maximum absolute atomic E-state index is 13.4. The van der Waals surface area contributed by atoms with Crippen LogP contribution >= 0.6 is 0 Å². The molecule has 0 fully saturated rings. The molecule has 1 atom stereocenters. The molecule has 3 rings (SSSR count). The van der Waals surface area contributed by atoms with E-state index < -0.39 is 6.04 Å². The van der Waals surface area contributed by atoms with E-state index in [1.165, 1.54) is 0 Å². The number of hydrogen-bond donors (Lipinski definition) is 1. The number of hydrogen-bond acceptors (Lipinski definition) is 4. The van der Waals surface area contributed by atoms with Gasteiger partial charge in [-0.05, 0) is 42.2 Å². The van der Waals surface area contributed by atoms with Gasteiger partial charge in [0.15, 0.2) is 11.5 Å². The number of benzene rings is 3. The van der Waals surface area contributed by atoms with E-state index in [0.29, 0.717) is 24.6 Å². The predicted octanol–water partition coefficient (Wildman–Crippen LogP) is 4.02. The van der Waals surface area contributed by atoms with Crippen LogP contribution in [-0.4, -0.2) is 43.5 Å². The fraction of sp³-hybridized carbons (Fsp3) is 0.286. The number of nitrogens with one attached hydrogen (secondary N) is 1. The van der Waals surface area contributed by atoms with Gasteiger partial charge < -0.3 is 19.7 Å². The molecule has 0 aliphatic heterocycles. The van der Waals surface area contributed by atoms with Crippen molar-refractivity contribution in [1.82, 2.24) is 10.2 Å². The molecule has 2 amide bonds. The molecule has 0 radical (unpaired) electrons. The van der Waals surface area contributed by atoms with Crippen molar-refractivity contribution < 1.29 is 19.1 Å². The molecule has 34 heavy (non-hydrogen) atoms. The number of rotatable bonds is 11. The van der Waals surface area contributed by atoms with Crippen LogP contribution in [-0.2, 0) is 29.0 Å². The average molecular weight is 461 g/mol. The van der Waals surface area contributed by atoms with Crippen molar-refractivity contribution in [2.24, 2.45) is 0 Å². The van der Waals surface area contributed by atoms with Gasteiger partial charge in [0.1, 0.15) is 6.04 Å². The molecular weight excluding hydrogens is 428 g/mol. The Hall–Kier alpha value is -3.80. The summed E-state index contributed by atoms with van der Waals surface area (Å²) in [7, 11) is 3.13.